The number of sulfonamides is 1. The molecule has 6 nitrogen and oxygen atoms in total. The maximum Gasteiger partial charge on any atom is 0.416 e. The number of nitrogens with one attached hydrogen (secondary N) is 2. The van der Waals surface area contributed by atoms with E-state index < -0.39 is 21.8 Å². The van der Waals surface area contributed by atoms with Gasteiger partial charge in [0.05, 0.1) is 10.5 Å². The summed E-state index contributed by atoms with van der Waals surface area (Å²) >= 11 is 0. The van der Waals surface area contributed by atoms with Crippen LogP contribution < -0.4 is 10.0 Å². The third kappa shape index (κ3) is 6.13. The van der Waals surface area contributed by atoms with Crippen LogP contribution in [0.3, 0.4) is 0 Å². The molecule has 0 aliphatic carbocycles. The SMILES string of the molecule is CNS(=O)(=O)c1cc(C(=O)NC2CCN(Cc3cccc(C(F)(F)F)c3)CC2)cc(C)c1C. The molecule has 2 aromatic rings. The second-order valence-corrected chi connectivity index (χ2v) is 10.2. The van der Waals surface area contributed by atoms with E-state index in [2.05, 4.69) is 14.9 Å². The van der Waals surface area contributed by atoms with Gasteiger partial charge in [0, 0.05) is 31.2 Å². The van der Waals surface area contributed by atoms with Crippen LogP contribution >= 0.6 is 0 Å². The van der Waals surface area contributed by atoms with E-state index in [1.54, 1.807) is 26.0 Å². The smallest absolute Gasteiger partial charge is 0.349 e. The first-order chi connectivity index (χ1) is 15.4. The van der Waals surface area contributed by atoms with Gasteiger partial charge in [-0.15, -0.1) is 0 Å². The molecule has 180 valence electrons. The predicted molar refractivity (Wildman–Crippen MR) is 119 cm³/mol. The third-order valence-corrected chi connectivity index (χ3v) is 7.56. The number of carbonyl (C=O) groups excluding carboxylic acids is 1. The first-order valence-corrected chi connectivity index (χ1v) is 12.1. The standard InChI is InChI=1S/C23H28F3N3O3S/c1-15-11-18(13-21(16(15)2)33(31,32)27-3)22(30)28-20-7-9-29(10-8-20)14-17-5-4-6-19(12-17)23(24,25)26/h4-6,11-13,20,27H,7-10,14H2,1-3H3,(H,28,30). The van der Waals surface area contributed by atoms with Gasteiger partial charge in [-0.2, -0.15) is 13.2 Å². The number of hydrogen-bond donors (Lipinski definition) is 2. The molecule has 1 aliphatic rings. The molecule has 2 N–H and O–H groups in total. The van der Waals surface area contributed by atoms with E-state index in [9.17, 15) is 26.4 Å². The Balaban J connectivity index is 1.61. The van der Waals surface area contributed by atoms with Crippen molar-refractivity contribution in [2.24, 2.45) is 0 Å². The number of amides is 1. The van der Waals surface area contributed by atoms with Crippen molar-refractivity contribution >= 4 is 15.9 Å². The minimum atomic E-state index is -4.37. The van der Waals surface area contributed by atoms with E-state index in [4.69, 9.17) is 0 Å². The van der Waals surface area contributed by atoms with Gasteiger partial charge in [-0.3, -0.25) is 9.69 Å². The molecule has 10 heteroatoms. The maximum absolute atomic E-state index is 12.9. The summed E-state index contributed by atoms with van der Waals surface area (Å²) < 4.78 is 65.6. The lowest BCUT2D eigenvalue weighted by molar-refractivity contribution is -0.137. The Kier molecular flexibility index (Phi) is 7.50. The van der Waals surface area contributed by atoms with Crippen molar-refractivity contribution in [3.05, 3.63) is 64.2 Å². The van der Waals surface area contributed by atoms with Gasteiger partial charge in [0.15, 0.2) is 0 Å². The minimum absolute atomic E-state index is 0.0751. The number of nitrogens with zero attached hydrogens (tertiary/aromatic N) is 1. The van der Waals surface area contributed by atoms with Crippen molar-refractivity contribution < 1.29 is 26.4 Å². The number of alkyl halides is 3. The molecular weight excluding hydrogens is 455 g/mol. The Hall–Kier alpha value is -2.43. The van der Waals surface area contributed by atoms with E-state index in [0.29, 0.717) is 49.2 Å². The molecule has 33 heavy (non-hydrogen) atoms. The Morgan fingerprint density at radius 3 is 2.39 bits per heavy atom. The average Bonchev–Trinajstić information content (AvgIpc) is 2.76. The average molecular weight is 484 g/mol. The summed E-state index contributed by atoms with van der Waals surface area (Å²) in [7, 11) is -2.37. The summed E-state index contributed by atoms with van der Waals surface area (Å²) in [4.78, 5) is 14.9. The summed E-state index contributed by atoms with van der Waals surface area (Å²) in [6.07, 6.45) is -3.07. The molecule has 0 unspecified atom stereocenters. The highest BCUT2D eigenvalue weighted by Gasteiger charge is 2.30. The summed E-state index contributed by atoms with van der Waals surface area (Å²) in [5.41, 5.74) is 1.51. The first-order valence-electron chi connectivity index (χ1n) is 10.6. The van der Waals surface area contributed by atoms with Crippen LogP contribution in [0.5, 0.6) is 0 Å². The van der Waals surface area contributed by atoms with Crippen LogP contribution in [0.15, 0.2) is 41.3 Å². The van der Waals surface area contributed by atoms with Crippen LogP contribution in [0.1, 0.15) is 45.5 Å². The highest BCUT2D eigenvalue weighted by molar-refractivity contribution is 7.89. The Bertz CT molecular complexity index is 1130. The highest BCUT2D eigenvalue weighted by atomic mass is 32.2. The number of aryl methyl sites for hydroxylation is 1. The largest absolute Gasteiger partial charge is 0.416 e. The lowest BCUT2D eigenvalue weighted by Crippen LogP contribution is -2.44. The summed E-state index contributed by atoms with van der Waals surface area (Å²) in [5.74, 6) is -0.345. The zero-order valence-electron chi connectivity index (χ0n) is 18.8. The third-order valence-electron chi connectivity index (χ3n) is 6.02. The Morgan fingerprint density at radius 2 is 1.79 bits per heavy atom. The fourth-order valence-corrected chi connectivity index (χ4v) is 5.02. The fraction of sp³-hybridized carbons (Fsp3) is 0.435. The molecule has 1 heterocycles. The number of halogens is 3. The molecule has 2 aromatic carbocycles. The predicted octanol–water partition coefficient (Wildman–Crippen LogP) is 3.62. The maximum atomic E-state index is 12.9. The van der Waals surface area contributed by atoms with E-state index in [1.807, 2.05) is 0 Å². The normalized spacial score (nSPS) is 16.1. The van der Waals surface area contributed by atoms with Crippen molar-refractivity contribution in [2.45, 2.75) is 50.3 Å². The summed E-state index contributed by atoms with van der Waals surface area (Å²) in [6, 6.07) is 8.28. The van der Waals surface area contributed by atoms with Gasteiger partial charge in [-0.05, 0) is 68.6 Å². The van der Waals surface area contributed by atoms with Gasteiger partial charge in [-0.1, -0.05) is 18.2 Å². The number of carbonyl (C=O) groups is 1. The number of rotatable bonds is 6. The first kappa shape index (κ1) is 25.2. The van der Waals surface area contributed by atoms with Gasteiger partial charge in [0.2, 0.25) is 10.0 Å². The second-order valence-electron chi connectivity index (χ2n) is 8.35. The second kappa shape index (κ2) is 9.82. The van der Waals surface area contributed by atoms with Crippen molar-refractivity contribution in [2.75, 3.05) is 20.1 Å². The van der Waals surface area contributed by atoms with Gasteiger partial charge < -0.3 is 5.32 Å². The summed E-state index contributed by atoms with van der Waals surface area (Å²) in [5, 5.41) is 2.96. The monoisotopic (exact) mass is 483 g/mol. The van der Waals surface area contributed by atoms with Crippen LogP contribution in [-0.4, -0.2) is 45.4 Å². The van der Waals surface area contributed by atoms with Crippen LogP contribution in [-0.2, 0) is 22.7 Å². The molecule has 1 saturated heterocycles. The quantitative estimate of drug-likeness (QED) is 0.658. The van der Waals surface area contributed by atoms with Crippen LogP contribution in [0, 0.1) is 13.8 Å². The van der Waals surface area contributed by atoms with Crippen LogP contribution in [0.4, 0.5) is 13.2 Å². The van der Waals surface area contributed by atoms with E-state index in [0.717, 1.165) is 6.07 Å². The summed E-state index contributed by atoms with van der Waals surface area (Å²) in [6.45, 7) is 5.13. The molecule has 0 atom stereocenters. The number of benzene rings is 2. The highest BCUT2D eigenvalue weighted by Crippen LogP contribution is 2.30. The van der Waals surface area contributed by atoms with E-state index in [-0.39, 0.29) is 22.4 Å². The molecule has 0 bridgehead atoms. The molecular formula is C23H28F3N3O3S. The molecule has 3 rings (SSSR count). The molecule has 1 aliphatic heterocycles. The van der Waals surface area contributed by atoms with Crippen molar-refractivity contribution in [3.8, 4) is 0 Å². The fourth-order valence-electron chi connectivity index (χ4n) is 3.96. The number of likely N-dealkylation sites (tertiary alicyclic amines) is 1. The molecule has 1 fully saturated rings. The van der Waals surface area contributed by atoms with Gasteiger partial charge >= 0.3 is 6.18 Å². The number of hydrogen-bond acceptors (Lipinski definition) is 4. The lowest BCUT2D eigenvalue weighted by Gasteiger charge is -2.32. The van der Waals surface area contributed by atoms with E-state index in [1.165, 1.54) is 25.2 Å². The zero-order valence-corrected chi connectivity index (χ0v) is 19.6. The zero-order chi connectivity index (χ0) is 24.4. The van der Waals surface area contributed by atoms with Crippen molar-refractivity contribution in [1.82, 2.24) is 14.9 Å². The van der Waals surface area contributed by atoms with E-state index >= 15 is 0 Å². The van der Waals surface area contributed by atoms with Crippen LogP contribution in [0.2, 0.25) is 0 Å². The van der Waals surface area contributed by atoms with Gasteiger partial charge in [-0.25, -0.2) is 13.1 Å². The molecule has 0 aromatic heterocycles. The Labute approximate surface area is 192 Å². The van der Waals surface area contributed by atoms with Gasteiger partial charge in [0.25, 0.3) is 5.91 Å². The van der Waals surface area contributed by atoms with Gasteiger partial charge in [0.1, 0.15) is 0 Å². The topological polar surface area (TPSA) is 78.5 Å². The molecule has 0 radical (unpaired) electrons. The lowest BCUT2D eigenvalue weighted by atomic mass is 10.0. The molecule has 1 amide bonds. The van der Waals surface area contributed by atoms with Crippen LogP contribution in [0.25, 0.3) is 0 Å². The number of piperidine rings is 1. The Morgan fingerprint density at radius 1 is 1.12 bits per heavy atom. The molecule has 0 spiro atoms. The minimum Gasteiger partial charge on any atom is -0.349 e. The van der Waals surface area contributed by atoms with Crippen molar-refractivity contribution in [1.29, 1.82) is 0 Å². The molecule has 0 saturated carbocycles. The van der Waals surface area contributed by atoms with Crippen molar-refractivity contribution in [3.63, 3.8) is 0 Å².